The molecule has 1 aromatic heterocycles. The molecule has 0 aromatic carbocycles. The van der Waals surface area contributed by atoms with Crippen LogP contribution in [0.25, 0.3) is 0 Å². The normalized spacial score (nSPS) is 12.8. The summed E-state index contributed by atoms with van der Waals surface area (Å²) in [6.07, 6.45) is 0.875. The van der Waals surface area contributed by atoms with Gasteiger partial charge in [0.15, 0.2) is 0 Å². The lowest BCUT2D eigenvalue weighted by atomic mass is 10.1. The number of nitrogens with zero attached hydrogens (tertiary/aromatic N) is 3. The highest BCUT2D eigenvalue weighted by molar-refractivity contribution is 5.27. The first-order valence-electron chi connectivity index (χ1n) is 5.51. The summed E-state index contributed by atoms with van der Waals surface area (Å²) in [5, 5.41) is 3.96. The number of rotatable bonds is 6. The van der Waals surface area contributed by atoms with Gasteiger partial charge in [-0.05, 0) is 32.0 Å². The number of hydrogen-bond donors (Lipinski definition) is 1. The SMILES string of the molecule is CCN(CC)c1noc(C(C)CCN)n1. The Morgan fingerprint density at radius 3 is 2.60 bits per heavy atom. The van der Waals surface area contributed by atoms with E-state index in [4.69, 9.17) is 10.3 Å². The molecule has 86 valence electrons. The molecular weight excluding hydrogens is 192 g/mol. The van der Waals surface area contributed by atoms with Crippen molar-refractivity contribution in [1.82, 2.24) is 10.1 Å². The fraction of sp³-hybridized carbons (Fsp3) is 0.800. The second kappa shape index (κ2) is 5.70. The maximum atomic E-state index is 5.49. The third-order valence-corrected chi connectivity index (χ3v) is 2.50. The fourth-order valence-electron chi connectivity index (χ4n) is 1.44. The molecule has 1 heterocycles. The largest absolute Gasteiger partial charge is 0.339 e. The molecule has 5 nitrogen and oxygen atoms in total. The van der Waals surface area contributed by atoms with Crippen molar-refractivity contribution in [2.75, 3.05) is 24.5 Å². The Balaban J connectivity index is 2.70. The van der Waals surface area contributed by atoms with Gasteiger partial charge < -0.3 is 15.2 Å². The quantitative estimate of drug-likeness (QED) is 0.771. The van der Waals surface area contributed by atoms with Gasteiger partial charge in [0.2, 0.25) is 5.89 Å². The van der Waals surface area contributed by atoms with E-state index >= 15 is 0 Å². The highest BCUT2D eigenvalue weighted by Crippen LogP contribution is 2.18. The molecule has 0 bridgehead atoms. The van der Waals surface area contributed by atoms with Crippen LogP contribution in [0.3, 0.4) is 0 Å². The first-order chi connectivity index (χ1) is 7.22. The molecule has 0 aliphatic heterocycles. The molecule has 0 saturated heterocycles. The van der Waals surface area contributed by atoms with Crippen LogP contribution < -0.4 is 10.6 Å². The zero-order valence-corrected chi connectivity index (χ0v) is 9.73. The Morgan fingerprint density at radius 2 is 2.07 bits per heavy atom. The predicted molar refractivity (Wildman–Crippen MR) is 59.9 cm³/mol. The summed E-state index contributed by atoms with van der Waals surface area (Å²) >= 11 is 0. The Hall–Kier alpha value is -1.10. The van der Waals surface area contributed by atoms with Crippen LogP contribution in [0.5, 0.6) is 0 Å². The maximum absolute atomic E-state index is 5.49. The summed E-state index contributed by atoms with van der Waals surface area (Å²) in [5.41, 5.74) is 5.49. The van der Waals surface area contributed by atoms with Crippen LogP contribution in [0.4, 0.5) is 5.95 Å². The van der Waals surface area contributed by atoms with Crippen LogP contribution in [0.15, 0.2) is 4.52 Å². The topological polar surface area (TPSA) is 68.2 Å². The van der Waals surface area contributed by atoms with Crippen LogP contribution in [0.2, 0.25) is 0 Å². The van der Waals surface area contributed by atoms with E-state index in [0.29, 0.717) is 18.4 Å². The van der Waals surface area contributed by atoms with E-state index in [0.717, 1.165) is 19.5 Å². The summed E-state index contributed by atoms with van der Waals surface area (Å²) in [6.45, 7) is 8.61. The summed E-state index contributed by atoms with van der Waals surface area (Å²) in [6, 6.07) is 0. The molecular formula is C10H20N4O. The van der Waals surface area contributed by atoms with Crippen molar-refractivity contribution >= 4 is 5.95 Å². The molecule has 2 N–H and O–H groups in total. The van der Waals surface area contributed by atoms with E-state index in [-0.39, 0.29) is 5.92 Å². The highest BCUT2D eigenvalue weighted by Gasteiger charge is 2.15. The van der Waals surface area contributed by atoms with E-state index in [1.165, 1.54) is 0 Å². The molecule has 1 atom stereocenters. The lowest BCUT2D eigenvalue weighted by Gasteiger charge is -2.14. The minimum Gasteiger partial charge on any atom is -0.339 e. The lowest BCUT2D eigenvalue weighted by Crippen LogP contribution is -2.23. The van der Waals surface area contributed by atoms with Crippen LogP contribution in [-0.4, -0.2) is 29.8 Å². The number of hydrogen-bond acceptors (Lipinski definition) is 5. The van der Waals surface area contributed by atoms with Gasteiger partial charge in [-0.2, -0.15) is 4.98 Å². The molecule has 0 spiro atoms. The smallest absolute Gasteiger partial charge is 0.266 e. The van der Waals surface area contributed by atoms with Gasteiger partial charge in [0, 0.05) is 19.0 Å². The van der Waals surface area contributed by atoms with E-state index in [1.54, 1.807) is 0 Å². The highest BCUT2D eigenvalue weighted by atomic mass is 16.5. The van der Waals surface area contributed by atoms with Crippen LogP contribution >= 0.6 is 0 Å². The van der Waals surface area contributed by atoms with Gasteiger partial charge in [-0.3, -0.25) is 0 Å². The monoisotopic (exact) mass is 212 g/mol. The van der Waals surface area contributed by atoms with Crippen molar-refractivity contribution in [2.45, 2.75) is 33.1 Å². The van der Waals surface area contributed by atoms with Gasteiger partial charge >= 0.3 is 0 Å². The van der Waals surface area contributed by atoms with Crippen molar-refractivity contribution in [2.24, 2.45) is 5.73 Å². The van der Waals surface area contributed by atoms with Crippen molar-refractivity contribution < 1.29 is 4.52 Å². The Morgan fingerprint density at radius 1 is 1.40 bits per heavy atom. The first kappa shape index (κ1) is 12.0. The first-order valence-corrected chi connectivity index (χ1v) is 5.51. The summed E-state index contributed by atoms with van der Waals surface area (Å²) < 4.78 is 5.21. The second-order valence-electron chi connectivity index (χ2n) is 3.58. The molecule has 0 saturated carbocycles. The van der Waals surface area contributed by atoms with Gasteiger partial charge in [-0.1, -0.05) is 6.92 Å². The molecule has 0 aliphatic carbocycles. The van der Waals surface area contributed by atoms with E-state index in [1.807, 2.05) is 6.92 Å². The number of nitrogens with two attached hydrogens (primary N) is 1. The average molecular weight is 212 g/mol. The predicted octanol–water partition coefficient (Wildman–Crippen LogP) is 1.37. The molecule has 0 fully saturated rings. The molecule has 0 amide bonds. The second-order valence-corrected chi connectivity index (χ2v) is 3.58. The third-order valence-electron chi connectivity index (χ3n) is 2.50. The van der Waals surface area contributed by atoms with Crippen LogP contribution in [-0.2, 0) is 0 Å². The van der Waals surface area contributed by atoms with E-state index in [2.05, 4.69) is 28.9 Å². The molecule has 1 aromatic rings. The van der Waals surface area contributed by atoms with Crippen molar-refractivity contribution in [1.29, 1.82) is 0 Å². The molecule has 0 aliphatic rings. The minimum absolute atomic E-state index is 0.242. The van der Waals surface area contributed by atoms with Gasteiger partial charge in [0.1, 0.15) is 0 Å². The Labute approximate surface area is 90.6 Å². The van der Waals surface area contributed by atoms with E-state index < -0.39 is 0 Å². The van der Waals surface area contributed by atoms with Crippen molar-refractivity contribution in [3.05, 3.63) is 5.89 Å². The number of aromatic nitrogens is 2. The maximum Gasteiger partial charge on any atom is 0.266 e. The third kappa shape index (κ3) is 2.92. The number of anilines is 1. The van der Waals surface area contributed by atoms with Crippen LogP contribution in [0, 0.1) is 0 Å². The molecule has 1 unspecified atom stereocenters. The van der Waals surface area contributed by atoms with Crippen molar-refractivity contribution in [3.8, 4) is 0 Å². The van der Waals surface area contributed by atoms with Gasteiger partial charge in [0.25, 0.3) is 5.95 Å². The fourth-order valence-corrected chi connectivity index (χ4v) is 1.44. The lowest BCUT2D eigenvalue weighted by molar-refractivity contribution is 0.354. The van der Waals surface area contributed by atoms with E-state index in [9.17, 15) is 0 Å². The van der Waals surface area contributed by atoms with Gasteiger partial charge in [-0.15, -0.1) is 0 Å². The molecule has 0 radical (unpaired) electrons. The summed E-state index contributed by atoms with van der Waals surface area (Å²) in [7, 11) is 0. The average Bonchev–Trinajstić information content (AvgIpc) is 2.69. The molecule has 5 heteroatoms. The standard InChI is InChI=1S/C10H20N4O/c1-4-14(5-2)10-12-9(15-13-10)8(3)6-7-11/h8H,4-7,11H2,1-3H3. The minimum atomic E-state index is 0.242. The van der Waals surface area contributed by atoms with Gasteiger partial charge in [-0.25, -0.2) is 0 Å². The van der Waals surface area contributed by atoms with Crippen molar-refractivity contribution in [3.63, 3.8) is 0 Å². The van der Waals surface area contributed by atoms with Gasteiger partial charge in [0.05, 0.1) is 0 Å². The molecule has 1 rings (SSSR count). The zero-order valence-electron chi connectivity index (χ0n) is 9.73. The summed E-state index contributed by atoms with van der Waals surface area (Å²) in [4.78, 5) is 6.42. The van der Waals surface area contributed by atoms with Crippen LogP contribution in [0.1, 0.15) is 39.0 Å². The Kier molecular flexibility index (Phi) is 4.55. The zero-order chi connectivity index (χ0) is 11.3. The summed E-state index contributed by atoms with van der Waals surface area (Å²) in [5.74, 6) is 1.60. The Bertz CT molecular complexity index is 283. The molecule has 15 heavy (non-hydrogen) atoms.